The molecular formula is C25H26Cl2FN5O. The molecule has 178 valence electrons. The standard InChI is InChI=1S/C25H26Cl2FN5O/c1-34-23-13-16(32-10-2-3-11-32)6-9-21(23)29-24-14-22-20(30-31-24)5-4-12-33(22)15-17-18(26)7-8-19(28)25(17)27/h6-9,13-14H,2-5,10-12,15H2,1H3,(H,29,31). The molecule has 34 heavy (non-hydrogen) atoms. The lowest BCUT2D eigenvalue weighted by Crippen LogP contribution is -2.30. The minimum Gasteiger partial charge on any atom is -0.494 e. The first kappa shape index (κ1) is 23.0. The van der Waals surface area contributed by atoms with Crippen molar-refractivity contribution in [1.82, 2.24) is 10.2 Å². The van der Waals surface area contributed by atoms with Crippen molar-refractivity contribution in [2.45, 2.75) is 32.2 Å². The van der Waals surface area contributed by atoms with Gasteiger partial charge < -0.3 is 19.9 Å². The number of aryl methyl sites for hydroxylation is 1. The largest absolute Gasteiger partial charge is 0.494 e. The number of rotatable bonds is 6. The van der Waals surface area contributed by atoms with Gasteiger partial charge in [0.05, 0.1) is 29.2 Å². The van der Waals surface area contributed by atoms with Crippen LogP contribution < -0.4 is 19.9 Å². The normalized spacial score (nSPS) is 15.4. The molecule has 0 bridgehead atoms. The van der Waals surface area contributed by atoms with Gasteiger partial charge in [0, 0.05) is 54.6 Å². The average molecular weight is 502 g/mol. The Morgan fingerprint density at radius 3 is 2.65 bits per heavy atom. The van der Waals surface area contributed by atoms with E-state index in [0.717, 1.165) is 61.0 Å². The van der Waals surface area contributed by atoms with Crippen LogP contribution in [0.3, 0.4) is 0 Å². The molecule has 0 radical (unpaired) electrons. The Balaban J connectivity index is 1.41. The molecule has 1 aromatic heterocycles. The van der Waals surface area contributed by atoms with Crippen molar-refractivity contribution in [2.24, 2.45) is 0 Å². The van der Waals surface area contributed by atoms with Crippen molar-refractivity contribution in [3.63, 3.8) is 0 Å². The number of nitrogens with one attached hydrogen (secondary N) is 1. The Morgan fingerprint density at radius 1 is 1.03 bits per heavy atom. The highest BCUT2D eigenvalue weighted by Crippen LogP contribution is 2.36. The number of fused-ring (bicyclic) bond motifs is 1. The Morgan fingerprint density at radius 2 is 1.85 bits per heavy atom. The van der Waals surface area contributed by atoms with Gasteiger partial charge in [-0.05, 0) is 49.9 Å². The van der Waals surface area contributed by atoms with Gasteiger partial charge in [0.2, 0.25) is 0 Å². The van der Waals surface area contributed by atoms with Crippen LogP contribution >= 0.6 is 23.2 Å². The molecule has 3 heterocycles. The molecule has 6 nitrogen and oxygen atoms in total. The summed E-state index contributed by atoms with van der Waals surface area (Å²) >= 11 is 12.6. The van der Waals surface area contributed by atoms with Gasteiger partial charge in [0.1, 0.15) is 11.6 Å². The molecule has 5 rings (SSSR count). The number of benzene rings is 2. The summed E-state index contributed by atoms with van der Waals surface area (Å²) in [7, 11) is 1.67. The van der Waals surface area contributed by atoms with Crippen LogP contribution in [0.15, 0.2) is 36.4 Å². The predicted octanol–water partition coefficient (Wildman–Crippen LogP) is 6.23. The average Bonchev–Trinajstić information content (AvgIpc) is 3.40. The first-order chi connectivity index (χ1) is 16.5. The number of hydrogen-bond donors (Lipinski definition) is 1. The van der Waals surface area contributed by atoms with Gasteiger partial charge in [0.15, 0.2) is 5.82 Å². The van der Waals surface area contributed by atoms with Crippen LogP contribution in [0, 0.1) is 5.82 Å². The maximum atomic E-state index is 14.1. The second-order valence-corrected chi connectivity index (χ2v) is 9.40. The fraction of sp³-hybridized carbons (Fsp3) is 0.360. The molecule has 2 aromatic carbocycles. The molecule has 0 amide bonds. The minimum atomic E-state index is -0.474. The summed E-state index contributed by atoms with van der Waals surface area (Å²) in [6.07, 6.45) is 4.19. The summed E-state index contributed by atoms with van der Waals surface area (Å²) in [5.41, 5.74) is 4.39. The minimum absolute atomic E-state index is 0.0582. The van der Waals surface area contributed by atoms with Crippen molar-refractivity contribution in [1.29, 1.82) is 0 Å². The second-order valence-electron chi connectivity index (χ2n) is 8.61. The molecule has 0 atom stereocenters. The van der Waals surface area contributed by atoms with E-state index in [9.17, 15) is 4.39 Å². The monoisotopic (exact) mass is 501 g/mol. The molecule has 2 aliphatic heterocycles. The van der Waals surface area contributed by atoms with Gasteiger partial charge in [-0.1, -0.05) is 23.2 Å². The number of nitrogens with zero attached hydrogens (tertiary/aromatic N) is 4. The lowest BCUT2D eigenvalue weighted by molar-refractivity contribution is 0.417. The van der Waals surface area contributed by atoms with Crippen LogP contribution in [0.1, 0.15) is 30.5 Å². The van der Waals surface area contributed by atoms with Crippen molar-refractivity contribution in [3.05, 3.63) is 63.5 Å². The first-order valence-electron chi connectivity index (χ1n) is 11.5. The maximum Gasteiger partial charge on any atom is 0.155 e. The third-order valence-corrected chi connectivity index (χ3v) is 7.20. The van der Waals surface area contributed by atoms with Crippen molar-refractivity contribution < 1.29 is 9.13 Å². The summed E-state index contributed by atoms with van der Waals surface area (Å²) in [4.78, 5) is 4.49. The molecule has 1 saturated heterocycles. The van der Waals surface area contributed by atoms with Gasteiger partial charge in [-0.3, -0.25) is 0 Å². The summed E-state index contributed by atoms with van der Waals surface area (Å²) in [6, 6.07) is 11.0. The van der Waals surface area contributed by atoms with E-state index >= 15 is 0 Å². The smallest absolute Gasteiger partial charge is 0.155 e. The Kier molecular flexibility index (Phi) is 6.66. The van der Waals surface area contributed by atoms with Crippen LogP contribution in [0.5, 0.6) is 5.75 Å². The highest BCUT2D eigenvalue weighted by molar-refractivity contribution is 6.36. The summed E-state index contributed by atoms with van der Waals surface area (Å²) in [6.45, 7) is 3.32. The molecule has 2 aliphatic rings. The van der Waals surface area contributed by atoms with Crippen LogP contribution in [0.2, 0.25) is 10.0 Å². The third-order valence-electron chi connectivity index (χ3n) is 6.44. The Bertz CT molecular complexity index is 1200. The highest BCUT2D eigenvalue weighted by atomic mass is 35.5. The highest BCUT2D eigenvalue weighted by Gasteiger charge is 2.23. The Hall–Kier alpha value is -2.77. The number of aromatic nitrogens is 2. The zero-order valence-electron chi connectivity index (χ0n) is 19.0. The molecule has 3 aromatic rings. The van der Waals surface area contributed by atoms with Crippen LogP contribution in [0.25, 0.3) is 0 Å². The fourth-order valence-corrected chi connectivity index (χ4v) is 5.13. The summed E-state index contributed by atoms with van der Waals surface area (Å²) < 4.78 is 19.7. The lowest BCUT2D eigenvalue weighted by Gasteiger charge is -2.31. The summed E-state index contributed by atoms with van der Waals surface area (Å²) in [5.74, 6) is 0.881. The molecule has 1 fully saturated rings. The zero-order valence-corrected chi connectivity index (χ0v) is 20.5. The third kappa shape index (κ3) is 4.59. The number of hydrogen-bond acceptors (Lipinski definition) is 6. The predicted molar refractivity (Wildman–Crippen MR) is 136 cm³/mol. The summed E-state index contributed by atoms with van der Waals surface area (Å²) in [5, 5.41) is 12.7. The van der Waals surface area contributed by atoms with Gasteiger partial charge in [-0.25, -0.2) is 4.39 Å². The molecule has 0 spiro atoms. The van der Waals surface area contributed by atoms with E-state index in [4.69, 9.17) is 27.9 Å². The topological polar surface area (TPSA) is 53.5 Å². The second kappa shape index (κ2) is 9.84. The number of halogens is 3. The van der Waals surface area contributed by atoms with Gasteiger partial charge in [-0.15, -0.1) is 5.10 Å². The number of anilines is 4. The van der Waals surface area contributed by atoms with E-state index in [1.807, 2.05) is 12.1 Å². The number of ether oxygens (including phenoxy) is 1. The molecule has 0 aliphatic carbocycles. The molecule has 9 heteroatoms. The molecule has 1 N–H and O–H groups in total. The Labute approximate surface area is 208 Å². The van der Waals surface area contributed by atoms with Gasteiger partial charge >= 0.3 is 0 Å². The fourth-order valence-electron chi connectivity index (χ4n) is 4.64. The van der Waals surface area contributed by atoms with Crippen LogP contribution in [0.4, 0.5) is 27.3 Å². The van der Waals surface area contributed by atoms with E-state index < -0.39 is 5.82 Å². The molecule has 0 unspecified atom stereocenters. The quantitative estimate of drug-likeness (QED) is 0.404. The van der Waals surface area contributed by atoms with Crippen molar-refractivity contribution >= 4 is 46.1 Å². The van der Waals surface area contributed by atoms with E-state index in [0.29, 0.717) is 22.9 Å². The van der Waals surface area contributed by atoms with Crippen LogP contribution in [-0.4, -0.2) is 36.9 Å². The van der Waals surface area contributed by atoms with E-state index in [2.05, 4.69) is 37.4 Å². The lowest BCUT2D eigenvalue weighted by atomic mass is 10.1. The number of methoxy groups -OCH3 is 1. The van der Waals surface area contributed by atoms with Crippen LogP contribution in [-0.2, 0) is 13.0 Å². The van der Waals surface area contributed by atoms with Crippen molar-refractivity contribution in [3.8, 4) is 5.75 Å². The van der Waals surface area contributed by atoms with Gasteiger partial charge in [-0.2, -0.15) is 5.10 Å². The zero-order chi connectivity index (χ0) is 23.7. The van der Waals surface area contributed by atoms with E-state index in [-0.39, 0.29) is 5.02 Å². The first-order valence-corrected chi connectivity index (χ1v) is 12.2. The van der Waals surface area contributed by atoms with E-state index in [1.54, 1.807) is 13.2 Å². The van der Waals surface area contributed by atoms with Crippen molar-refractivity contribution in [2.75, 3.05) is 41.9 Å². The molecule has 0 saturated carbocycles. The van der Waals surface area contributed by atoms with E-state index in [1.165, 1.54) is 18.9 Å². The SMILES string of the molecule is COc1cc(N2CCCC2)ccc1Nc1cc2c(nn1)CCCN2Cc1c(Cl)ccc(F)c1Cl. The van der Waals surface area contributed by atoms with Gasteiger partial charge in [0.25, 0.3) is 0 Å². The molecular weight excluding hydrogens is 476 g/mol. The maximum absolute atomic E-state index is 14.1.